The van der Waals surface area contributed by atoms with Crippen LogP contribution < -0.4 is 5.32 Å². The molecule has 1 N–H and O–H groups in total. The van der Waals surface area contributed by atoms with Crippen LogP contribution in [0.4, 0.5) is 0 Å². The molecule has 4 nitrogen and oxygen atoms in total. The predicted molar refractivity (Wildman–Crippen MR) is 70.3 cm³/mol. The molecule has 2 aliphatic heterocycles. The first-order valence-corrected chi connectivity index (χ1v) is 6.77. The highest BCUT2D eigenvalue weighted by Gasteiger charge is 2.32. The number of ether oxygens (including phenoxy) is 1. The summed E-state index contributed by atoms with van der Waals surface area (Å²) in [5.41, 5.74) is 0.472. The first kappa shape index (κ1) is 13.3. The third-order valence-electron chi connectivity index (χ3n) is 3.85. The van der Waals surface area contributed by atoms with E-state index in [0.717, 1.165) is 26.2 Å². The molecule has 0 radical (unpaired) electrons. The lowest BCUT2D eigenvalue weighted by Gasteiger charge is -2.38. The molecule has 100 valence electrons. The quantitative estimate of drug-likeness (QED) is 0.763. The molecular weight excluding hydrogens is 214 g/mol. The van der Waals surface area contributed by atoms with Gasteiger partial charge < -0.3 is 15.0 Å². The normalized spacial score (nSPS) is 35.6. The summed E-state index contributed by atoms with van der Waals surface area (Å²) in [5.74, 6) is 0. The van der Waals surface area contributed by atoms with Gasteiger partial charge in [-0.3, -0.25) is 4.90 Å². The van der Waals surface area contributed by atoms with Crippen LogP contribution in [-0.2, 0) is 4.74 Å². The summed E-state index contributed by atoms with van der Waals surface area (Å²) < 4.78 is 5.82. The van der Waals surface area contributed by atoms with E-state index < -0.39 is 0 Å². The van der Waals surface area contributed by atoms with Gasteiger partial charge in [-0.15, -0.1) is 0 Å². The smallest absolute Gasteiger partial charge is 0.0829 e. The van der Waals surface area contributed by atoms with Crippen LogP contribution in [0.15, 0.2) is 0 Å². The Labute approximate surface area is 105 Å². The highest BCUT2D eigenvalue weighted by atomic mass is 16.5. The van der Waals surface area contributed by atoms with Gasteiger partial charge in [-0.25, -0.2) is 0 Å². The third kappa shape index (κ3) is 3.91. The van der Waals surface area contributed by atoms with Crippen molar-refractivity contribution in [2.75, 3.05) is 60.0 Å². The van der Waals surface area contributed by atoms with Crippen LogP contribution in [0.3, 0.4) is 0 Å². The summed E-state index contributed by atoms with van der Waals surface area (Å²) in [5, 5.41) is 3.48. The summed E-state index contributed by atoms with van der Waals surface area (Å²) in [4.78, 5) is 4.80. The van der Waals surface area contributed by atoms with Crippen molar-refractivity contribution in [3.63, 3.8) is 0 Å². The summed E-state index contributed by atoms with van der Waals surface area (Å²) in [6, 6.07) is 0. The lowest BCUT2D eigenvalue weighted by molar-refractivity contribution is -0.0469. The summed E-state index contributed by atoms with van der Waals surface area (Å²) in [7, 11) is 4.23. The molecule has 0 aromatic rings. The second-order valence-corrected chi connectivity index (χ2v) is 6.23. The van der Waals surface area contributed by atoms with Gasteiger partial charge in [0.1, 0.15) is 0 Å². The van der Waals surface area contributed by atoms with Crippen LogP contribution in [0.5, 0.6) is 0 Å². The molecule has 2 aliphatic rings. The minimum Gasteiger partial charge on any atom is -0.374 e. The Morgan fingerprint density at radius 1 is 1.47 bits per heavy atom. The Bertz CT molecular complexity index is 239. The average molecular weight is 241 g/mol. The summed E-state index contributed by atoms with van der Waals surface area (Å²) >= 11 is 0. The molecule has 17 heavy (non-hydrogen) atoms. The molecule has 0 spiro atoms. The zero-order chi connectivity index (χ0) is 12.3. The monoisotopic (exact) mass is 241 g/mol. The van der Waals surface area contributed by atoms with Crippen molar-refractivity contribution in [3.8, 4) is 0 Å². The van der Waals surface area contributed by atoms with E-state index in [1.54, 1.807) is 0 Å². The average Bonchev–Trinajstić information content (AvgIpc) is 2.64. The number of hydrogen-bond donors (Lipinski definition) is 1. The van der Waals surface area contributed by atoms with E-state index in [0.29, 0.717) is 11.5 Å². The third-order valence-corrected chi connectivity index (χ3v) is 3.85. The van der Waals surface area contributed by atoms with Gasteiger partial charge in [0.2, 0.25) is 0 Å². The van der Waals surface area contributed by atoms with Gasteiger partial charge in [-0.05, 0) is 32.5 Å². The van der Waals surface area contributed by atoms with Crippen molar-refractivity contribution >= 4 is 0 Å². The van der Waals surface area contributed by atoms with E-state index in [2.05, 4.69) is 36.1 Å². The van der Waals surface area contributed by atoms with Gasteiger partial charge in [0.25, 0.3) is 0 Å². The molecule has 2 rings (SSSR count). The molecule has 2 atom stereocenters. The molecule has 0 saturated carbocycles. The van der Waals surface area contributed by atoms with Crippen LogP contribution in [0.25, 0.3) is 0 Å². The fourth-order valence-electron chi connectivity index (χ4n) is 2.99. The Hall–Kier alpha value is -0.160. The lowest BCUT2D eigenvalue weighted by Crippen LogP contribution is -2.49. The Morgan fingerprint density at radius 3 is 2.94 bits per heavy atom. The predicted octanol–water partition coefficient (Wildman–Crippen LogP) is 0.248. The zero-order valence-corrected chi connectivity index (χ0v) is 11.5. The van der Waals surface area contributed by atoms with Crippen LogP contribution in [0, 0.1) is 5.41 Å². The SMILES string of the molecule is CN(C)CC1CN(CC2(C)CCNC2)CCO1. The number of nitrogens with zero attached hydrogens (tertiary/aromatic N) is 2. The Morgan fingerprint density at radius 2 is 2.29 bits per heavy atom. The number of nitrogens with one attached hydrogen (secondary N) is 1. The van der Waals surface area contributed by atoms with Crippen molar-refractivity contribution in [1.82, 2.24) is 15.1 Å². The van der Waals surface area contributed by atoms with Crippen molar-refractivity contribution < 1.29 is 4.74 Å². The first-order valence-electron chi connectivity index (χ1n) is 6.77. The van der Waals surface area contributed by atoms with Crippen LogP contribution in [-0.4, -0.2) is 75.9 Å². The van der Waals surface area contributed by atoms with Crippen LogP contribution in [0.2, 0.25) is 0 Å². The maximum Gasteiger partial charge on any atom is 0.0829 e. The van der Waals surface area contributed by atoms with E-state index in [9.17, 15) is 0 Å². The largest absolute Gasteiger partial charge is 0.374 e. The lowest BCUT2D eigenvalue weighted by atomic mass is 9.89. The fourth-order valence-corrected chi connectivity index (χ4v) is 2.99. The molecule has 4 heteroatoms. The minimum absolute atomic E-state index is 0.386. The van der Waals surface area contributed by atoms with Gasteiger partial charge in [-0.1, -0.05) is 6.92 Å². The van der Waals surface area contributed by atoms with Crippen molar-refractivity contribution in [1.29, 1.82) is 0 Å². The molecule has 0 aromatic heterocycles. The van der Waals surface area contributed by atoms with Crippen LogP contribution in [0.1, 0.15) is 13.3 Å². The molecule has 2 fully saturated rings. The molecule has 2 saturated heterocycles. The zero-order valence-electron chi connectivity index (χ0n) is 11.5. The van der Waals surface area contributed by atoms with E-state index in [1.165, 1.54) is 26.1 Å². The Balaban J connectivity index is 1.80. The van der Waals surface area contributed by atoms with Gasteiger partial charge >= 0.3 is 0 Å². The van der Waals surface area contributed by atoms with E-state index >= 15 is 0 Å². The van der Waals surface area contributed by atoms with E-state index in [4.69, 9.17) is 4.74 Å². The minimum atomic E-state index is 0.386. The second-order valence-electron chi connectivity index (χ2n) is 6.23. The molecule has 0 aromatic carbocycles. The number of morpholine rings is 1. The molecule has 0 bridgehead atoms. The topological polar surface area (TPSA) is 27.7 Å². The van der Waals surface area contributed by atoms with Crippen molar-refractivity contribution in [3.05, 3.63) is 0 Å². The van der Waals surface area contributed by atoms with Gasteiger partial charge in [0.05, 0.1) is 12.7 Å². The standard InChI is InChI=1S/C13H27N3O/c1-13(4-5-14-10-13)11-16-6-7-17-12(9-16)8-15(2)3/h12,14H,4-11H2,1-3H3. The highest BCUT2D eigenvalue weighted by Crippen LogP contribution is 2.26. The Kier molecular flexibility index (Phi) is 4.42. The molecule has 2 unspecified atom stereocenters. The van der Waals surface area contributed by atoms with Crippen molar-refractivity contribution in [2.24, 2.45) is 5.41 Å². The molecule has 2 heterocycles. The number of rotatable bonds is 4. The van der Waals surface area contributed by atoms with Gasteiger partial charge in [-0.2, -0.15) is 0 Å². The van der Waals surface area contributed by atoms with E-state index in [1.807, 2.05) is 0 Å². The molecule has 0 aliphatic carbocycles. The number of likely N-dealkylation sites (N-methyl/N-ethyl adjacent to an activating group) is 1. The molecular formula is C13H27N3O. The van der Waals surface area contributed by atoms with E-state index in [-0.39, 0.29) is 0 Å². The maximum absolute atomic E-state index is 5.82. The number of hydrogen-bond acceptors (Lipinski definition) is 4. The first-order chi connectivity index (χ1) is 8.07. The fraction of sp³-hybridized carbons (Fsp3) is 1.00. The van der Waals surface area contributed by atoms with Gasteiger partial charge in [0, 0.05) is 32.7 Å². The highest BCUT2D eigenvalue weighted by molar-refractivity contribution is 4.88. The van der Waals surface area contributed by atoms with Crippen LogP contribution >= 0.6 is 0 Å². The van der Waals surface area contributed by atoms with Gasteiger partial charge in [0.15, 0.2) is 0 Å². The molecule has 0 amide bonds. The van der Waals surface area contributed by atoms with Crippen molar-refractivity contribution in [2.45, 2.75) is 19.4 Å². The second kappa shape index (κ2) is 5.65. The summed E-state index contributed by atoms with van der Waals surface area (Å²) in [6.45, 7) is 10.1. The maximum atomic E-state index is 5.82. The summed E-state index contributed by atoms with van der Waals surface area (Å²) in [6.07, 6.45) is 1.69.